The lowest BCUT2D eigenvalue weighted by atomic mass is 10.1. The van der Waals surface area contributed by atoms with Crippen molar-refractivity contribution in [2.45, 2.75) is 38.8 Å². The van der Waals surface area contributed by atoms with Gasteiger partial charge >= 0.3 is 0 Å². The van der Waals surface area contributed by atoms with Crippen molar-refractivity contribution in [3.05, 3.63) is 18.2 Å². The topological polar surface area (TPSA) is 29.9 Å². The molecule has 1 aliphatic rings. The summed E-state index contributed by atoms with van der Waals surface area (Å²) >= 11 is 5.95. The molecule has 3 nitrogen and oxygen atoms in total. The van der Waals surface area contributed by atoms with Crippen molar-refractivity contribution in [2.75, 3.05) is 12.4 Å². The zero-order valence-electron chi connectivity index (χ0n) is 9.82. The maximum atomic E-state index is 5.95. The van der Waals surface area contributed by atoms with Crippen molar-refractivity contribution in [1.29, 1.82) is 0 Å². The summed E-state index contributed by atoms with van der Waals surface area (Å²) < 4.78 is 2.18. The number of alkyl halides is 1. The molecule has 2 unspecified atom stereocenters. The predicted octanol–water partition coefficient (Wildman–Crippen LogP) is 2.19. The van der Waals surface area contributed by atoms with Crippen molar-refractivity contribution in [1.82, 2.24) is 14.9 Å². The van der Waals surface area contributed by atoms with Crippen LogP contribution in [0.3, 0.4) is 0 Å². The Kier molecular flexibility index (Phi) is 4.24. The minimum absolute atomic E-state index is 0.626. The second kappa shape index (κ2) is 5.69. The van der Waals surface area contributed by atoms with Crippen molar-refractivity contribution in [3.8, 4) is 0 Å². The molecule has 90 valence electrons. The summed E-state index contributed by atoms with van der Waals surface area (Å²) in [7, 11) is 0. The van der Waals surface area contributed by atoms with Crippen LogP contribution in [-0.4, -0.2) is 28.0 Å². The molecule has 0 bridgehead atoms. The summed E-state index contributed by atoms with van der Waals surface area (Å²) in [6.45, 7) is 4.05. The molecule has 0 amide bonds. The molecule has 16 heavy (non-hydrogen) atoms. The zero-order valence-corrected chi connectivity index (χ0v) is 10.6. The van der Waals surface area contributed by atoms with Gasteiger partial charge in [0.15, 0.2) is 0 Å². The third-order valence-corrected chi connectivity index (χ3v) is 3.94. The molecule has 4 heteroatoms. The van der Waals surface area contributed by atoms with Gasteiger partial charge < -0.3 is 9.88 Å². The molecule has 0 aliphatic heterocycles. The molecule has 1 aromatic rings. The van der Waals surface area contributed by atoms with Crippen LogP contribution in [-0.2, 0) is 6.54 Å². The van der Waals surface area contributed by atoms with E-state index in [0.717, 1.165) is 24.8 Å². The molecule has 1 aliphatic carbocycles. The first-order valence-electron chi connectivity index (χ1n) is 6.08. The lowest BCUT2D eigenvalue weighted by Gasteiger charge is -2.19. The molecule has 1 heterocycles. The lowest BCUT2D eigenvalue weighted by molar-refractivity contribution is 0.418. The fraction of sp³-hybridized carbons (Fsp3) is 0.750. The fourth-order valence-corrected chi connectivity index (χ4v) is 2.87. The smallest absolute Gasteiger partial charge is 0.105 e. The SMILES string of the molecule is Cc1nccn1CCNC1CCCC1CCl. The highest BCUT2D eigenvalue weighted by molar-refractivity contribution is 6.18. The molecule has 0 radical (unpaired) electrons. The quantitative estimate of drug-likeness (QED) is 0.801. The maximum absolute atomic E-state index is 5.95. The predicted molar refractivity (Wildman–Crippen MR) is 66.8 cm³/mol. The van der Waals surface area contributed by atoms with Gasteiger partial charge in [-0.25, -0.2) is 4.98 Å². The van der Waals surface area contributed by atoms with Gasteiger partial charge in [0.25, 0.3) is 0 Å². The standard InChI is InChI=1S/C12H20ClN3/c1-10-14-5-7-16(10)8-6-15-12-4-2-3-11(12)9-13/h5,7,11-12,15H,2-4,6,8-9H2,1H3. The molecule has 0 aromatic carbocycles. The van der Waals surface area contributed by atoms with Crippen molar-refractivity contribution in [2.24, 2.45) is 5.92 Å². The first kappa shape index (κ1) is 11.9. The van der Waals surface area contributed by atoms with Crippen LogP contribution >= 0.6 is 11.6 Å². The van der Waals surface area contributed by atoms with E-state index in [1.54, 1.807) is 0 Å². The van der Waals surface area contributed by atoms with Gasteiger partial charge in [0.05, 0.1) is 0 Å². The highest BCUT2D eigenvalue weighted by Crippen LogP contribution is 2.26. The Morgan fingerprint density at radius 1 is 1.56 bits per heavy atom. The molecule has 1 N–H and O–H groups in total. The monoisotopic (exact) mass is 241 g/mol. The minimum Gasteiger partial charge on any atom is -0.334 e. The van der Waals surface area contributed by atoms with E-state index in [4.69, 9.17) is 11.6 Å². The van der Waals surface area contributed by atoms with Crippen LogP contribution < -0.4 is 5.32 Å². The number of hydrogen-bond donors (Lipinski definition) is 1. The van der Waals surface area contributed by atoms with E-state index in [0.29, 0.717) is 12.0 Å². The normalized spacial score (nSPS) is 25.1. The van der Waals surface area contributed by atoms with Crippen molar-refractivity contribution >= 4 is 11.6 Å². The highest BCUT2D eigenvalue weighted by atomic mass is 35.5. The first-order valence-corrected chi connectivity index (χ1v) is 6.62. The molecule has 1 saturated carbocycles. The fourth-order valence-electron chi connectivity index (χ4n) is 2.50. The molecule has 2 rings (SSSR count). The number of imidazole rings is 1. The molecule has 1 fully saturated rings. The number of nitrogens with zero attached hydrogens (tertiary/aromatic N) is 2. The van der Waals surface area contributed by atoms with Crippen LogP contribution in [0.15, 0.2) is 12.4 Å². The van der Waals surface area contributed by atoms with Crippen LogP contribution in [0, 0.1) is 12.8 Å². The molecule has 2 atom stereocenters. The molecule has 1 aromatic heterocycles. The lowest BCUT2D eigenvalue weighted by Crippen LogP contribution is -2.35. The van der Waals surface area contributed by atoms with Gasteiger partial charge in [0.1, 0.15) is 5.82 Å². The van der Waals surface area contributed by atoms with E-state index in [2.05, 4.69) is 14.9 Å². The molecular weight excluding hydrogens is 222 g/mol. The van der Waals surface area contributed by atoms with Crippen LogP contribution in [0.25, 0.3) is 0 Å². The Morgan fingerprint density at radius 2 is 2.44 bits per heavy atom. The van der Waals surface area contributed by atoms with Crippen LogP contribution in [0.5, 0.6) is 0 Å². The van der Waals surface area contributed by atoms with E-state index in [-0.39, 0.29) is 0 Å². The summed E-state index contributed by atoms with van der Waals surface area (Å²) in [5, 5.41) is 3.62. The van der Waals surface area contributed by atoms with Gasteiger partial charge in [-0.1, -0.05) is 6.42 Å². The van der Waals surface area contributed by atoms with E-state index < -0.39 is 0 Å². The Hall–Kier alpha value is -0.540. The van der Waals surface area contributed by atoms with Gasteiger partial charge in [0, 0.05) is 37.4 Å². The Labute approximate surface area is 102 Å². The number of aryl methyl sites for hydroxylation is 1. The molecule has 0 spiro atoms. The summed E-state index contributed by atoms with van der Waals surface area (Å²) in [5.41, 5.74) is 0. The number of aromatic nitrogens is 2. The van der Waals surface area contributed by atoms with E-state index in [1.807, 2.05) is 19.3 Å². The summed E-state index contributed by atoms with van der Waals surface area (Å²) in [5.74, 6) is 2.55. The number of nitrogens with one attached hydrogen (secondary N) is 1. The number of rotatable bonds is 5. The summed E-state index contributed by atoms with van der Waals surface area (Å²) in [6, 6.07) is 0.626. The van der Waals surface area contributed by atoms with Gasteiger partial charge in [0.2, 0.25) is 0 Å². The zero-order chi connectivity index (χ0) is 11.4. The Morgan fingerprint density at radius 3 is 3.12 bits per heavy atom. The van der Waals surface area contributed by atoms with E-state index >= 15 is 0 Å². The van der Waals surface area contributed by atoms with Crippen LogP contribution in [0.4, 0.5) is 0 Å². The van der Waals surface area contributed by atoms with Gasteiger partial charge in [-0.15, -0.1) is 11.6 Å². The van der Waals surface area contributed by atoms with Gasteiger partial charge in [-0.3, -0.25) is 0 Å². The van der Waals surface area contributed by atoms with Crippen molar-refractivity contribution < 1.29 is 0 Å². The summed E-state index contributed by atoms with van der Waals surface area (Å²) in [4.78, 5) is 4.21. The largest absolute Gasteiger partial charge is 0.334 e. The maximum Gasteiger partial charge on any atom is 0.105 e. The van der Waals surface area contributed by atoms with Crippen molar-refractivity contribution in [3.63, 3.8) is 0 Å². The van der Waals surface area contributed by atoms with Crippen LogP contribution in [0.2, 0.25) is 0 Å². The summed E-state index contributed by atoms with van der Waals surface area (Å²) in [6.07, 6.45) is 7.77. The van der Waals surface area contributed by atoms with Gasteiger partial charge in [-0.05, 0) is 25.7 Å². The van der Waals surface area contributed by atoms with Crippen LogP contribution in [0.1, 0.15) is 25.1 Å². The minimum atomic E-state index is 0.626. The Balaban J connectivity index is 1.74. The van der Waals surface area contributed by atoms with E-state index in [9.17, 15) is 0 Å². The number of hydrogen-bond acceptors (Lipinski definition) is 2. The second-order valence-electron chi connectivity index (χ2n) is 4.57. The van der Waals surface area contributed by atoms with Gasteiger partial charge in [-0.2, -0.15) is 0 Å². The average Bonchev–Trinajstić information content (AvgIpc) is 2.88. The molecule has 0 saturated heterocycles. The Bertz CT molecular complexity index is 324. The average molecular weight is 242 g/mol. The third-order valence-electron chi connectivity index (χ3n) is 3.54. The third kappa shape index (κ3) is 2.77. The molecular formula is C12H20ClN3. The first-order chi connectivity index (χ1) is 7.81. The highest BCUT2D eigenvalue weighted by Gasteiger charge is 2.25. The second-order valence-corrected chi connectivity index (χ2v) is 4.88. The van der Waals surface area contributed by atoms with E-state index in [1.165, 1.54) is 19.3 Å². The number of halogens is 1.